The summed E-state index contributed by atoms with van der Waals surface area (Å²) in [6.07, 6.45) is 2.61. The van der Waals surface area contributed by atoms with Gasteiger partial charge in [0.2, 0.25) is 10.0 Å². The molecule has 1 fully saturated rings. The Morgan fingerprint density at radius 1 is 1.32 bits per heavy atom. The lowest BCUT2D eigenvalue weighted by Crippen LogP contribution is -2.41. The maximum atomic E-state index is 13.3. The molecule has 1 aromatic heterocycles. The Bertz CT molecular complexity index is 1000. The average Bonchev–Trinajstić information content (AvgIpc) is 2.91. The lowest BCUT2D eigenvalue weighted by molar-refractivity contribution is 0.340. The lowest BCUT2D eigenvalue weighted by Gasteiger charge is -2.27. The molecule has 0 spiro atoms. The molecule has 0 N–H and O–H groups in total. The number of sulfonamides is 1. The van der Waals surface area contributed by atoms with Gasteiger partial charge in [-0.1, -0.05) is 19.1 Å². The molecule has 1 saturated heterocycles. The smallest absolute Gasteiger partial charge is 0.245 e. The molecule has 0 bridgehead atoms. The quantitative estimate of drug-likeness (QED) is 0.791. The number of nitrogens with zero attached hydrogens (tertiary/aromatic N) is 2. The Labute approximate surface area is 148 Å². The zero-order valence-electron chi connectivity index (χ0n) is 14.3. The Kier molecular flexibility index (Phi) is 4.87. The fourth-order valence-electron chi connectivity index (χ4n) is 3.30. The third-order valence-electron chi connectivity index (χ3n) is 4.46. The molecule has 0 aliphatic carbocycles. The molecule has 8 heteroatoms. The van der Waals surface area contributed by atoms with Crippen molar-refractivity contribution in [1.82, 2.24) is 9.29 Å². The zero-order chi connectivity index (χ0) is 18.2. The number of rotatable bonds is 5. The molecule has 136 valence electrons. The number of pyridine rings is 1. The molecule has 1 atom stereocenters. The van der Waals surface area contributed by atoms with Crippen LogP contribution in [0.15, 0.2) is 35.4 Å². The highest BCUT2D eigenvalue weighted by molar-refractivity contribution is 7.92. The summed E-state index contributed by atoms with van der Waals surface area (Å²) in [4.78, 5) is 4.46. The van der Waals surface area contributed by atoms with Gasteiger partial charge in [-0.3, -0.25) is 4.98 Å². The molecule has 2 aromatic rings. The van der Waals surface area contributed by atoms with Crippen LogP contribution in [0.1, 0.15) is 25.3 Å². The number of hydrogen-bond acceptors (Lipinski definition) is 5. The third-order valence-corrected chi connectivity index (χ3v) is 8.19. The normalized spacial score (nSPS) is 20.4. The van der Waals surface area contributed by atoms with E-state index in [1.165, 1.54) is 4.31 Å². The van der Waals surface area contributed by atoms with Crippen LogP contribution in [-0.2, 0) is 19.9 Å². The van der Waals surface area contributed by atoms with Crippen LogP contribution < -0.4 is 0 Å². The predicted octanol–water partition coefficient (Wildman–Crippen LogP) is 2.13. The van der Waals surface area contributed by atoms with Gasteiger partial charge in [0.05, 0.1) is 17.0 Å². The standard InChI is InChI=1S/C17H22N2O4S2/c1-3-8-19(15-7-9-24(20,21)12-15)25(22,23)16-6-4-5-14-10-13(2)11-18-17(14)16/h4-6,10-11,15H,3,7-9,12H2,1-2H3. The molecule has 25 heavy (non-hydrogen) atoms. The van der Waals surface area contributed by atoms with Crippen LogP contribution in [0.25, 0.3) is 10.9 Å². The minimum Gasteiger partial charge on any atom is -0.255 e. The molecule has 3 rings (SSSR count). The third kappa shape index (κ3) is 3.56. The number of aryl methyl sites for hydroxylation is 1. The van der Waals surface area contributed by atoms with E-state index < -0.39 is 25.9 Å². The number of fused-ring (bicyclic) bond motifs is 1. The largest absolute Gasteiger partial charge is 0.255 e. The van der Waals surface area contributed by atoms with E-state index in [1.54, 1.807) is 18.3 Å². The van der Waals surface area contributed by atoms with Gasteiger partial charge in [-0.25, -0.2) is 16.8 Å². The Balaban J connectivity index is 2.10. The number of para-hydroxylation sites is 1. The zero-order valence-corrected chi connectivity index (χ0v) is 16.0. The minimum absolute atomic E-state index is 0.0420. The first-order valence-corrected chi connectivity index (χ1v) is 11.6. The van der Waals surface area contributed by atoms with Gasteiger partial charge in [-0.05, 0) is 37.5 Å². The first-order chi connectivity index (χ1) is 11.7. The van der Waals surface area contributed by atoms with E-state index >= 15 is 0 Å². The van der Waals surface area contributed by atoms with Gasteiger partial charge in [-0.15, -0.1) is 0 Å². The number of aromatic nitrogens is 1. The second-order valence-electron chi connectivity index (χ2n) is 6.51. The van der Waals surface area contributed by atoms with Crippen molar-refractivity contribution in [2.45, 2.75) is 37.6 Å². The summed E-state index contributed by atoms with van der Waals surface area (Å²) in [5, 5.41) is 0.761. The maximum Gasteiger partial charge on any atom is 0.245 e. The van der Waals surface area contributed by atoms with Crippen molar-refractivity contribution < 1.29 is 16.8 Å². The summed E-state index contributed by atoms with van der Waals surface area (Å²) >= 11 is 0. The summed E-state index contributed by atoms with van der Waals surface area (Å²) in [6.45, 7) is 4.09. The molecular formula is C17H22N2O4S2. The molecule has 0 amide bonds. The first-order valence-electron chi connectivity index (χ1n) is 8.32. The molecule has 1 aliphatic rings. The van der Waals surface area contributed by atoms with Crippen LogP contribution in [0.2, 0.25) is 0 Å². The molecule has 1 unspecified atom stereocenters. The predicted molar refractivity (Wildman–Crippen MR) is 97.7 cm³/mol. The highest BCUT2D eigenvalue weighted by Crippen LogP contribution is 2.29. The number of benzene rings is 1. The van der Waals surface area contributed by atoms with Crippen LogP contribution in [0.5, 0.6) is 0 Å². The lowest BCUT2D eigenvalue weighted by atomic mass is 10.2. The van der Waals surface area contributed by atoms with E-state index in [2.05, 4.69) is 4.98 Å². The molecule has 1 aliphatic heterocycles. The fraction of sp³-hybridized carbons (Fsp3) is 0.471. The average molecular weight is 383 g/mol. The summed E-state index contributed by atoms with van der Waals surface area (Å²) in [5.41, 5.74) is 1.38. The molecular weight excluding hydrogens is 360 g/mol. The van der Waals surface area contributed by atoms with Crippen LogP contribution in [-0.4, -0.2) is 50.2 Å². The van der Waals surface area contributed by atoms with Crippen molar-refractivity contribution in [1.29, 1.82) is 0 Å². The Hall–Kier alpha value is -1.51. The maximum absolute atomic E-state index is 13.3. The Morgan fingerprint density at radius 3 is 2.72 bits per heavy atom. The topological polar surface area (TPSA) is 84.4 Å². The van der Waals surface area contributed by atoms with E-state index in [9.17, 15) is 16.8 Å². The SMILES string of the molecule is CCCN(C1CCS(=O)(=O)C1)S(=O)(=O)c1cccc2cc(C)cnc12. The monoisotopic (exact) mass is 382 g/mol. The number of hydrogen-bond donors (Lipinski definition) is 0. The van der Waals surface area contributed by atoms with Crippen LogP contribution in [0.3, 0.4) is 0 Å². The van der Waals surface area contributed by atoms with Gasteiger partial charge >= 0.3 is 0 Å². The van der Waals surface area contributed by atoms with E-state index in [4.69, 9.17) is 0 Å². The molecule has 1 aromatic carbocycles. The first kappa shape index (κ1) is 18.3. The highest BCUT2D eigenvalue weighted by atomic mass is 32.2. The van der Waals surface area contributed by atoms with Gasteiger partial charge in [0.15, 0.2) is 9.84 Å². The van der Waals surface area contributed by atoms with Gasteiger partial charge in [0.25, 0.3) is 0 Å². The van der Waals surface area contributed by atoms with E-state index in [-0.39, 0.29) is 16.4 Å². The van der Waals surface area contributed by atoms with E-state index in [1.807, 2.05) is 26.0 Å². The summed E-state index contributed by atoms with van der Waals surface area (Å²) < 4.78 is 51.6. The van der Waals surface area contributed by atoms with Crippen molar-refractivity contribution in [3.63, 3.8) is 0 Å². The minimum atomic E-state index is -3.83. The van der Waals surface area contributed by atoms with Crippen LogP contribution >= 0.6 is 0 Å². The van der Waals surface area contributed by atoms with Crippen LogP contribution in [0, 0.1) is 6.92 Å². The molecule has 6 nitrogen and oxygen atoms in total. The van der Waals surface area contributed by atoms with Crippen molar-refractivity contribution in [3.8, 4) is 0 Å². The second-order valence-corrected chi connectivity index (χ2v) is 10.6. The summed E-state index contributed by atoms with van der Waals surface area (Å²) in [7, 11) is -7.00. The van der Waals surface area contributed by atoms with Crippen molar-refractivity contribution >= 4 is 30.8 Å². The van der Waals surface area contributed by atoms with Gasteiger partial charge in [0.1, 0.15) is 4.90 Å². The van der Waals surface area contributed by atoms with Gasteiger partial charge < -0.3 is 0 Å². The molecule has 2 heterocycles. The molecule has 0 radical (unpaired) electrons. The van der Waals surface area contributed by atoms with Crippen molar-refractivity contribution in [3.05, 3.63) is 36.0 Å². The summed E-state index contributed by atoms with van der Waals surface area (Å²) in [6, 6.07) is 6.47. The number of sulfone groups is 1. The van der Waals surface area contributed by atoms with Gasteiger partial charge in [-0.2, -0.15) is 4.31 Å². The molecule has 0 saturated carbocycles. The van der Waals surface area contributed by atoms with Gasteiger partial charge in [0, 0.05) is 24.2 Å². The second kappa shape index (κ2) is 6.66. The van der Waals surface area contributed by atoms with Crippen molar-refractivity contribution in [2.75, 3.05) is 18.1 Å². The summed E-state index contributed by atoms with van der Waals surface area (Å²) in [5.74, 6) is -0.0656. The fourth-order valence-corrected chi connectivity index (χ4v) is 7.04. The Morgan fingerprint density at radius 2 is 2.08 bits per heavy atom. The van der Waals surface area contributed by atoms with Crippen molar-refractivity contribution in [2.24, 2.45) is 0 Å². The highest BCUT2D eigenvalue weighted by Gasteiger charge is 2.39. The van der Waals surface area contributed by atoms with Crippen LogP contribution in [0.4, 0.5) is 0 Å². The van der Waals surface area contributed by atoms with E-state index in [0.717, 1.165) is 10.9 Å². The van der Waals surface area contributed by atoms with E-state index in [0.29, 0.717) is 24.9 Å².